The van der Waals surface area contributed by atoms with Crippen LogP contribution in [0.2, 0.25) is 0 Å². The summed E-state index contributed by atoms with van der Waals surface area (Å²) in [6, 6.07) is 7.31. The minimum atomic E-state index is -0.128. The SMILES string of the molecule is CC(C)NC(=O)c1cccc(NC(=O)C2CCNC2C)c1. The van der Waals surface area contributed by atoms with Gasteiger partial charge in [-0.25, -0.2) is 0 Å². The Balaban J connectivity index is 2.04. The van der Waals surface area contributed by atoms with Crippen LogP contribution in [0, 0.1) is 5.92 Å². The monoisotopic (exact) mass is 289 g/mol. The molecule has 1 aromatic carbocycles. The Bertz CT molecular complexity index is 528. The van der Waals surface area contributed by atoms with E-state index in [-0.39, 0.29) is 29.8 Å². The summed E-state index contributed by atoms with van der Waals surface area (Å²) in [5.41, 5.74) is 1.22. The second-order valence-electron chi connectivity index (χ2n) is 5.84. The summed E-state index contributed by atoms with van der Waals surface area (Å²) in [6.07, 6.45) is 0.848. The van der Waals surface area contributed by atoms with Crippen LogP contribution in [-0.2, 0) is 4.79 Å². The molecule has 0 saturated carbocycles. The van der Waals surface area contributed by atoms with Crippen molar-refractivity contribution in [1.82, 2.24) is 10.6 Å². The second-order valence-corrected chi connectivity index (χ2v) is 5.84. The molecular weight excluding hydrogens is 266 g/mol. The maximum Gasteiger partial charge on any atom is 0.251 e. The van der Waals surface area contributed by atoms with Crippen molar-refractivity contribution in [3.8, 4) is 0 Å². The predicted molar refractivity (Wildman–Crippen MR) is 83.2 cm³/mol. The molecule has 2 amide bonds. The van der Waals surface area contributed by atoms with Crippen molar-refractivity contribution in [1.29, 1.82) is 0 Å². The molecule has 114 valence electrons. The van der Waals surface area contributed by atoms with Gasteiger partial charge in [0, 0.05) is 23.3 Å². The van der Waals surface area contributed by atoms with Gasteiger partial charge in [-0.1, -0.05) is 6.07 Å². The van der Waals surface area contributed by atoms with Crippen LogP contribution in [0.15, 0.2) is 24.3 Å². The molecule has 1 saturated heterocycles. The lowest BCUT2D eigenvalue weighted by Crippen LogP contribution is -2.32. The number of benzene rings is 1. The number of anilines is 1. The van der Waals surface area contributed by atoms with Crippen LogP contribution in [0.4, 0.5) is 5.69 Å². The number of amides is 2. The van der Waals surface area contributed by atoms with E-state index in [4.69, 9.17) is 0 Å². The van der Waals surface area contributed by atoms with Crippen molar-refractivity contribution >= 4 is 17.5 Å². The van der Waals surface area contributed by atoms with Crippen molar-refractivity contribution in [2.75, 3.05) is 11.9 Å². The highest BCUT2D eigenvalue weighted by molar-refractivity contribution is 5.98. The summed E-state index contributed by atoms with van der Waals surface area (Å²) in [4.78, 5) is 24.2. The Labute approximate surface area is 125 Å². The van der Waals surface area contributed by atoms with Gasteiger partial charge in [-0.2, -0.15) is 0 Å². The van der Waals surface area contributed by atoms with E-state index in [2.05, 4.69) is 16.0 Å². The van der Waals surface area contributed by atoms with Gasteiger partial charge in [-0.05, 0) is 51.9 Å². The molecule has 1 heterocycles. The standard InChI is InChI=1S/C16H23N3O2/c1-10(2)18-15(20)12-5-4-6-13(9-12)19-16(21)14-7-8-17-11(14)3/h4-6,9-11,14,17H,7-8H2,1-3H3,(H,18,20)(H,19,21). The molecule has 1 aliphatic heterocycles. The van der Waals surface area contributed by atoms with E-state index >= 15 is 0 Å². The van der Waals surface area contributed by atoms with Gasteiger partial charge in [0.15, 0.2) is 0 Å². The molecule has 0 aromatic heterocycles. The topological polar surface area (TPSA) is 70.2 Å². The van der Waals surface area contributed by atoms with Crippen LogP contribution in [0.5, 0.6) is 0 Å². The first-order valence-electron chi connectivity index (χ1n) is 7.42. The molecular formula is C16H23N3O2. The van der Waals surface area contributed by atoms with Gasteiger partial charge in [-0.15, -0.1) is 0 Å². The third-order valence-electron chi connectivity index (χ3n) is 3.67. The summed E-state index contributed by atoms with van der Waals surface area (Å²) in [6.45, 7) is 6.72. The Kier molecular flexibility index (Phi) is 4.96. The highest BCUT2D eigenvalue weighted by Gasteiger charge is 2.29. The van der Waals surface area contributed by atoms with Crippen LogP contribution in [0.1, 0.15) is 37.6 Å². The maximum atomic E-state index is 12.2. The first-order chi connectivity index (χ1) is 9.97. The lowest BCUT2D eigenvalue weighted by atomic mass is 10.0. The zero-order valence-corrected chi connectivity index (χ0v) is 12.8. The fourth-order valence-electron chi connectivity index (χ4n) is 2.54. The molecule has 21 heavy (non-hydrogen) atoms. The summed E-state index contributed by atoms with van der Waals surface area (Å²) < 4.78 is 0. The van der Waals surface area contributed by atoms with Crippen LogP contribution in [0.25, 0.3) is 0 Å². The predicted octanol–water partition coefficient (Wildman–Crippen LogP) is 1.76. The molecule has 5 nitrogen and oxygen atoms in total. The number of hydrogen-bond donors (Lipinski definition) is 3. The average molecular weight is 289 g/mol. The third-order valence-corrected chi connectivity index (χ3v) is 3.67. The summed E-state index contributed by atoms with van der Waals surface area (Å²) in [5.74, 6) is -0.135. The largest absolute Gasteiger partial charge is 0.350 e. The molecule has 3 N–H and O–H groups in total. The van der Waals surface area contributed by atoms with Crippen molar-refractivity contribution in [2.24, 2.45) is 5.92 Å². The van der Waals surface area contributed by atoms with Crippen LogP contribution in [-0.4, -0.2) is 30.4 Å². The molecule has 5 heteroatoms. The molecule has 0 radical (unpaired) electrons. The van der Waals surface area contributed by atoms with E-state index in [0.717, 1.165) is 13.0 Å². The van der Waals surface area contributed by atoms with E-state index < -0.39 is 0 Å². The number of carbonyl (C=O) groups excluding carboxylic acids is 2. The highest BCUT2D eigenvalue weighted by atomic mass is 16.2. The first-order valence-corrected chi connectivity index (χ1v) is 7.42. The van der Waals surface area contributed by atoms with Crippen molar-refractivity contribution in [3.05, 3.63) is 29.8 Å². The quantitative estimate of drug-likeness (QED) is 0.791. The van der Waals surface area contributed by atoms with Crippen LogP contribution in [0.3, 0.4) is 0 Å². The lowest BCUT2D eigenvalue weighted by Gasteiger charge is -2.15. The normalized spacial score (nSPS) is 21.3. The lowest BCUT2D eigenvalue weighted by molar-refractivity contribution is -0.120. The number of carbonyl (C=O) groups is 2. The van der Waals surface area contributed by atoms with E-state index in [0.29, 0.717) is 11.3 Å². The Hall–Kier alpha value is -1.88. The molecule has 1 aliphatic rings. The molecule has 0 spiro atoms. The minimum absolute atomic E-state index is 0.00826. The van der Waals surface area contributed by atoms with Crippen molar-refractivity contribution in [3.63, 3.8) is 0 Å². The molecule has 0 bridgehead atoms. The smallest absolute Gasteiger partial charge is 0.251 e. The van der Waals surface area contributed by atoms with Gasteiger partial charge in [-0.3, -0.25) is 9.59 Å². The van der Waals surface area contributed by atoms with Gasteiger partial charge in [0.1, 0.15) is 0 Å². The summed E-state index contributed by atoms with van der Waals surface area (Å²) in [5, 5.41) is 9.01. The summed E-state index contributed by atoms with van der Waals surface area (Å²) in [7, 11) is 0. The number of rotatable bonds is 4. The van der Waals surface area contributed by atoms with E-state index in [1.54, 1.807) is 24.3 Å². The Morgan fingerprint density at radius 3 is 2.71 bits per heavy atom. The van der Waals surface area contributed by atoms with Gasteiger partial charge >= 0.3 is 0 Å². The van der Waals surface area contributed by atoms with E-state index in [1.165, 1.54) is 0 Å². The average Bonchev–Trinajstić information content (AvgIpc) is 2.84. The van der Waals surface area contributed by atoms with Gasteiger partial charge in [0.2, 0.25) is 5.91 Å². The van der Waals surface area contributed by atoms with Crippen LogP contribution >= 0.6 is 0 Å². The Morgan fingerprint density at radius 2 is 2.10 bits per heavy atom. The molecule has 1 aromatic rings. The molecule has 0 aliphatic carbocycles. The van der Waals surface area contributed by atoms with E-state index in [9.17, 15) is 9.59 Å². The molecule has 2 atom stereocenters. The van der Waals surface area contributed by atoms with Gasteiger partial charge in [0.25, 0.3) is 5.91 Å². The van der Waals surface area contributed by atoms with Gasteiger partial charge in [0.05, 0.1) is 5.92 Å². The molecule has 1 fully saturated rings. The van der Waals surface area contributed by atoms with Crippen molar-refractivity contribution < 1.29 is 9.59 Å². The maximum absolute atomic E-state index is 12.2. The third kappa shape index (κ3) is 4.04. The molecule has 2 rings (SSSR count). The summed E-state index contributed by atoms with van der Waals surface area (Å²) >= 11 is 0. The fourth-order valence-corrected chi connectivity index (χ4v) is 2.54. The van der Waals surface area contributed by atoms with Crippen LogP contribution < -0.4 is 16.0 Å². The Morgan fingerprint density at radius 1 is 1.33 bits per heavy atom. The zero-order valence-electron chi connectivity index (χ0n) is 12.8. The number of nitrogens with one attached hydrogen (secondary N) is 3. The fraction of sp³-hybridized carbons (Fsp3) is 0.500. The zero-order chi connectivity index (χ0) is 15.4. The van der Waals surface area contributed by atoms with E-state index in [1.807, 2.05) is 20.8 Å². The second kappa shape index (κ2) is 6.72. The number of hydrogen-bond acceptors (Lipinski definition) is 3. The first kappa shape index (κ1) is 15.5. The minimum Gasteiger partial charge on any atom is -0.350 e. The highest BCUT2D eigenvalue weighted by Crippen LogP contribution is 2.18. The molecule has 2 unspecified atom stereocenters. The van der Waals surface area contributed by atoms with Gasteiger partial charge < -0.3 is 16.0 Å². The van der Waals surface area contributed by atoms with Crippen molar-refractivity contribution in [2.45, 2.75) is 39.3 Å².